The first-order chi connectivity index (χ1) is 9.24. The minimum atomic E-state index is -5.00. The average Bonchev–Trinajstić information content (AvgIpc) is 2.33. The molecule has 0 heterocycles. The second-order valence-corrected chi connectivity index (χ2v) is 4.17. The number of rotatable bonds is 6. The van der Waals surface area contributed by atoms with Crippen LogP contribution in [0.1, 0.15) is 11.1 Å². The molecule has 0 spiro atoms. The monoisotopic (exact) mass is 294 g/mol. The molecule has 1 rings (SSSR count). The van der Waals surface area contributed by atoms with Crippen LogP contribution in [0.4, 0.5) is 13.2 Å². The molecule has 0 saturated heterocycles. The van der Waals surface area contributed by atoms with Crippen molar-refractivity contribution >= 4 is 19.0 Å². The first kappa shape index (κ1) is 14.2. The fraction of sp³-hybridized carbons (Fsp3) is 0.400. The van der Waals surface area contributed by atoms with Gasteiger partial charge in [-0.05, 0) is 13.8 Å². The maximum atomic E-state index is 13.4. The Labute approximate surface area is 114 Å². The van der Waals surface area contributed by atoms with Gasteiger partial charge < -0.3 is 4.18 Å². The van der Waals surface area contributed by atoms with Gasteiger partial charge in [-0.1, -0.05) is 36.2 Å². The molecule has 1 radical (unpaired) electrons. The molecule has 0 N–H and O–H groups in total. The first-order valence-corrected chi connectivity index (χ1v) is 5.84. The van der Waals surface area contributed by atoms with Crippen molar-refractivity contribution < 1.29 is 22.3 Å². The molecule has 0 aliphatic rings. The van der Waals surface area contributed by atoms with Crippen LogP contribution in [0.2, 0.25) is 0 Å². The largest absolute Gasteiger partial charge is 0.429 e. The van der Waals surface area contributed by atoms with Gasteiger partial charge >= 0.3 is 6.18 Å². The van der Waals surface area contributed by atoms with Crippen LogP contribution in [0.15, 0.2) is 24.3 Å². The minimum Gasteiger partial charge on any atom is -0.300 e. The summed E-state index contributed by atoms with van der Waals surface area (Å²) in [7, 11) is 0.540. The molecule has 19 heavy (non-hydrogen) atoms. The zero-order chi connectivity index (χ0) is 15.4. The summed E-state index contributed by atoms with van der Waals surface area (Å²) in [5.41, 5.74) is -3.21. The molecule has 1 atom stereocenters. The fourth-order valence-electron chi connectivity index (χ4n) is 1.74. The Bertz CT molecular complexity index is 491. The lowest BCUT2D eigenvalue weighted by Gasteiger charge is -2.32. The van der Waals surface area contributed by atoms with Crippen molar-refractivity contribution in [2.24, 2.45) is 0 Å². The van der Waals surface area contributed by atoms with Crippen molar-refractivity contribution in [3.05, 3.63) is 45.5 Å². The molecule has 0 saturated carbocycles. The Morgan fingerprint density at radius 3 is 2.63 bits per heavy atom. The van der Waals surface area contributed by atoms with Crippen molar-refractivity contribution in [3.8, 4) is 0 Å². The lowest BCUT2D eigenvalue weighted by atomic mass is 9.89. The predicted molar refractivity (Wildman–Crippen MR) is 66.6 cm³/mol. The molecule has 1 aromatic rings. The van der Waals surface area contributed by atoms with Crippen LogP contribution in [0, 0.1) is 17.0 Å². The van der Waals surface area contributed by atoms with E-state index in [4.69, 9.17) is 1.34 Å². The number of alkyl halides is 3. The highest BCUT2D eigenvalue weighted by Gasteiger charge is 2.62. The van der Waals surface area contributed by atoms with Gasteiger partial charge in [-0.25, -0.2) is 0 Å². The highest BCUT2D eigenvalue weighted by atomic mass is 32.2. The van der Waals surface area contributed by atoms with Crippen molar-refractivity contribution in [2.45, 2.75) is 18.7 Å². The zero-order valence-electron chi connectivity index (χ0n) is 10.8. The van der Waals surface area contributed by atoms with Crippen LogP contribution in [-0.4, -0.2) is 26.1 Å². The van der Waals surface area contributed by atoms with Crippen molar-refractivity contribution in [2.75, 3.05) is 6.54 Å². The zero-order valence-corrected chi connectivity index (χ0v) is 10.6. The van der Waals surface area contributed by atoms with Crippen LogP contribution in [0.5, 0.6) is 0 Å². The van der Waals surface area contributed by atoms with Crippen molar-refractivity contribution in [3.63, 3.8) is 0 Å². The summed E-state index contributed by atoms with van der Waals surface area (Å²) in [5.74, 6) is 0. The topological polar surface area (TPSA) is 52.4 Å². The Hall–Kier alpha value is -1.22. The van der Waals surface area contributed by atoms with Crippen molar-refractivity contribution in [1.29, 1.82) is 1.34 Å². The minimum absolute atomic E-state index is 0.105. The van der Waals surface area contributed by atoms with Gasteiger partial charge in [0.1, 0.15) is 0 Å². The average molecular weight is 294 g/mol. The molecule has 4 nitrogen and oxygen atoms in total. The van der Waals surface area contributed by atoms with Gasteiger partial charge in [-0.15, -0.1) is 0 Å². The molecule has 0 aliphatic heterocycles. The molecule has 0 aromatic heterocycles. The highest BCUT2D eigenvalue weighted by Crippen LogP contribution is 2.45. The number of hydrogen-bond acceptors (Lipinski definition) is 4. The van der Waals surface area contributed by atoms with Crippen LogP contribution in [0.3, 0.4) is 0 Å². The van der Waals surface area contributed by atoms with Crippen molar-refractivity contribution in [1.82, 2.24) is 0 Å². The SMILES string of the molecule is [3H][B]SOC(C[N+](=O)[O-])(c1ccccc1C)C(F)(F)F. The molecule has 1 aromatic carbocycles. The maximum absolute atomic E-state index is 13.4. The van der Waals surface area contributed by atoms with E-state index in [1.807, 2.05) is 0 Å². The number of benzene rings is 1. The van der Waals surface area contributed by atoms with Crippen LogP contribution < -0.4 is 0 Å². The lowest BCUT2D eigenvalue weighted by molar-refractivity contribution is -0.515. The molecule has 1 unspecified atom stereocenters. The normalized spacial score (nSPS) is 15.5. The molecule has 0 fully saturated rings. The summed E-state index contributed by atoms with van der Waals surface area (Å²) in [4.78, 5) is 9.59. The first-order valence-electron chi connectivity index (χ1n) is 5.61. The Morgan fingerprint density at radius 1 is 1.53 bits per heavy atom. The molecular formula is C10H10BF3NO3S. The molecule has 0 bridgehead atoms. The Kier molecular flexibility index (Phi) is 4.36. The van der Waals surface area contributed by atoms with E-state index in [-0.39, 0.29) is 23.0 Å². The highest BCUT2D eigenvalue weighted by molar-refractivity contribution is 8.15. The number of hydrogen-bond donors (Lipinski definition) is 0. The van der Waals surface area contributed by atoms with Gasteiger partial charge in [0.25, 0.3) is 5.60 Å². The number of nitrogens with zero attached hydrogens (tertiary/aromatic N) is 1. The summed E-state index contributed by atoms with van der Waals surface area (Å²) in [6.07, 6.45) is -5.00. The van der Waals surface area contributed by atoms with E-state index in [1.165, 1.54) is 25.1 Å². The van der Waals surface area contributed by atoms with Crippen LogP contribution in [0.25, 0.3) is 0 Å². The third-order valence-electron chi connectivity index (χ3n) is 2.58. The number of nitro groups is 1. The van der Waals surface area contributed by atoms with Gasteiger partial charge in [0.2, 0.25) is 13.6 Å². The second kappa shape index (κ2) is 5.83. The standard InChI is InChI=1S/C10H10BF3NO3S/c1-7-4-2-3-5-8(7)9(18-19-11,6-15(16)17)10(12,13)14/h2-5,11H,6H2,1H3/i11T. The third-order valence-corrected chi connectivity index (χ3v) is 2.96. The summed E-state index contributed by atoms with van der Waals surface area (Å²) < 4.78 is 51.6. The van der Waals surface area contributed by atoms with E-state index in [0.717, 1.165) is 6.07 Å². The molecule has 103 valence electrons. The second-order valence-electron chi connectivity index (χ2n) is 3.81. The van der Waals surface area contributed by atoms with E-state index >= 15 is 0 Å². The third kappa shape index (κ3) is 3.21. The quantitative estimate of drug-likeness (QED) is 0.350. The molecular weight excluding hydrogens is 282 g/mol. The molecule has 9 heteroatoms. The predicted octanol–water partition coefficient (Wildman–Crippen LogP) is 2.51. The lowest BCUT2D eigenvalue weighted by Crippen LogP contribution is -2.49. The maximum Gasteiger partial charge on any atom is 0.429 e. The summed E-state index contributed by atoms with van der Waals surface area (Å²) in [5, 5.41) is 10.7. The van der Waals surface area contributed by atoms with Crippen LogP contribution in [-0.2, 0) is 9.78 Å². The van der Waals surface area contributed by atoms with Gasteiger partial charge in [-0.3, -0.25) is 10.1 Å². The van der Waals surface area contributed by atoms with Gasteiger partial charge in [-0.2, -0.15) is 13.2 Å². The van der Waals surface area contributed by atoms with E-state index in [1.54, 1.807) is 0 Å². The van der Waals surface area contributed by atoms with E-state index in [0.29, 0.717) is 7.09 Å². The van der Waals surface area contributed by atoms with Gasteiger partial charge in [0.15, 0.2) is 0 Å². The summed E-state index contributed by atoms with van der Waals surface area (Å²) in [6, 6.07) is 5.42. The molecule has 0 amide bonds. The summed E-state index contributed by atoms with van der Waals surface area (Å²) in [6.45, 7) is -0.0591. The fourth-order valence-corrected chi connectivity index (χ4v) is 2.14. The number of halogens is 3. The Balaban J connectivity index is 3.43. The molecule has 0 aliphatic carbocycles. The number of aryl methyl sites for hydroxylation is 1. The Morgan fingerprint density at radius 2 is 2.16 bits per heavy atom. The van der Waals surface area contributed by atoms with E-state index < -0.39 is 23.2 Å². The van der Waals surface area contributed by atoms with Gasteiger partial charge in [0.05, 0.1) is 0 Å². The smallest absolute Gasteiger partial charge is 0.300 e. The van der Waals surface area contributed by atoms with Crippen LogP contribution >= 0.6 is 11.9 Å². The van der Waals surface area contributed by atoms with E-state index in [2.05, 4.69) is 4.18 Å². The van der Waals surface area contributed by atoms with E-state index in [9.17, 15) is 23.3 Å². The van der Waals surface area contributed by atoms with Gasteiger partial charge in [0, 0.05) is 10.5 Å². The summed E-state index contributed by atoms with van der Waals surface area (Å²) >= 11 is 0.105.